The summed E-state index contributed by atoms with van der Waals surface area (Å²) < 4.78 is 5.01. The predicted octanol–water partition coefficient (Wildman–Crippen LogP) is 3.74. The van der Waals surface area contributed by atoms with Gasteiger partial charge >= 0.3 is 0 Å². The van der Waals surface area contributed by atoms with Crippen LogP contribution in [-0.2, 0) is 4.79 Å². The van der Waals surface area contributed by atoms with Crippen molar-refractivity contribution >= 4 is 11.8 Å². The lowest BCUT2D eigenvalue weighted by Crippen LogP contribution is -2.44. The minimum atomic E-state index is -0.300. The molecule has 0 spiro atoms. The van der Waals surface area contributed by atoms with E-state index in [2.05, 4.69) is 10.3 Å². The zero-order chi connectivity index (χ0) is 20.9. The summed E-state index contributed by atoms with van der Waals surface area (Å²) in [5, 5.41) is 3.21. The second kappa shape index (κ2) is 8.95. The monoisotopic (exact) mass is 403 g/mol. The van der Waals surface area contributed by atoms with Crippen LogP contribution >= 0.6 is 0 Å². The maximum atomic E-state index is 13.1. The summed E-state index contributed by atoms with van der Waals surface area (Å²) in [6, 6.07) is 15.2. The average molecular weight is 403 g/mol. The molecule has 1 fully saturated rings. The number of furan rings is 1. The van der Waals surface area contributed by atoms with Crippen molar-refractivity contribution in [1.82, 2.24) is 15.2 Å². The Labute approximate surface area is 175 Å². The molecule has 1 aliphatic rings. The van der Waals surface area contributed by atoms with Gasteiger partial charge in [0.05, 0.1) is 23.6 Å². The van der Waals surface area contributed by atoms with Crippen LogP contribution in [0.25, 0.3) is 0 Å². The summed E-state index contributed by atoms with van der Waals surface area (Å²) in [6.45, 7) is 3.12. The molecular weight excluding hydrogens is 378 g/mol. The molecule has 1 unspecified atom stereocenters. The van der Waals surface area contributed by atoms with Gasteiger partial charge in [-0.25, -0.2) is 0 Å². The number of aromatic nitrogens is 1. The van der Waals surface area contributed by atoms with Crippen LogP contribution < -0.4 is 5.32 Å². The number of carbonyl (C=O) groups is 2. The van der Waals surface area contributed by atoms with Crippen molar-refractivity contribution < 1.29 is 14.0 Å². The number of rotatable bonds is 5. The van der Waals surface area contributed by atoms with Crippen LogP contribution in [0.15, 0.2) is 71.7 Å². The molecule has 1 atom stereocenters. The topological polar surface area (TPSA) is 75.4 Å². The first-order valence-electron chi connectivity index (χ1n) is 10.2. The first-order valence-corrected chi connectivity index (χ1v) is 10.2. The van der Waals surface area contributed by atoms with Gasteiger partial charge in [-0.05, 0) is 43.0 Å². The Balaban J connectivity index is 1.45. The molecule has 0 saturated carbocycles. The normalized spacial score (nSPS) is 15.6. The van der Waals surface area contributed by atoms with Crippen LogP contribution in [0.3, 0.4) is 0 Å². The molecule has 2 aromatic heterocycles. The number of nitrogens with zero attached hydrogens (tertiary/aromatic N) is 2. The SMILES string of the molecule is Cc1cccnc1C(NC(=O)C1CCN(C(=O)c2ccoc2)CC1)c1ccccc1. The Morgan fingerprint density at radius 2 is 1.87 bits per heavy atom. The number of aryl methyl sites for hydroxylation is 1. The summed E-state index contributed by atoms with van der Waals surface area (Å²) in [4.78, 5) is 31.9. The van der Waals surface area contributed by atoms with Gasteiger partial charge in [-0.3, -0.25) is 14.6 Å². The summed E-state index contributed by atoms with van der Waals surface area (Å²) >= 11 is 0. The number of amides is 2. The first-order chi connectivity index (χ1) is 14.6. The van der Waals surface area contributed by atoms with Gasteiger partial charge in [-0.15, -0.1) is 0 Å². The summed E-state index contributed by atoms with van der Waals surface area (Å²) in [5.41, 5.74) is 3.43. The third kappa shape index (κ3) is 4.27. The number of pyridine rings is 1. The highest BCUT2D eigenvalue weighted by Gasteiger charge is 2.30. The number of benzene rings is 1. The number of hydrogen-bond acceptors (Lipinski definition) is 4. The summed E-state index contributed by atoms with van der Waals surface area (Å²) in [6.07, 6.45) is 5.98. The molecule has 154 valence electrons. The highest BCUT2D eigenvalue weighted by Crippen LogP contribution is 2.25. The van der Waals surface area contributed by atoms with Crippen molar-refractivity contribution in [3.63, 3.8) is 0 Å². The molecule has 0 radical (unpaired) electrons. The van der Waals surface area contributed by atoms with Gasteiger partial charge in [0.1, 0.15) is 6.26 Å². The Morgan fingerprint density at radius 1 is 1.10 bits per heavy atom. The fourth-order valence-electron chi connectivity index (χ4n) is 3.93. The highest BCUT2D eigenvalue weighted by molar-refractivity contribution is 5.94. The van der Waals surface area contributed by atoms with Gasteiger partial charge in [0.25, 0.3) is 5.91 Å². The van der Waals surface area contributed by atoms with Gasteiger partial charge in [0, 0.05) is 25.2 Å². The first kappa shape index (κ1) is 19.9. The second-order valence-corrected chi connectivity index (χ2v) is 7.64. The van der Waals surface area contributed by atoms with Crippen LogP contribution in [-0.4, -0.2) is 34.8 Å². The van der Waals surface area contributed by atoms with E-state index in [1.807, 2.05) is 49.4 Å². The van der Waals surface area contributed by atoms with Crippen molar-refractivity contribution in [2.75, 3.05) is 13.1 Å². The molecule has 1 aromatic carbocycles. The molecule has 3 aromatic rings. The molecule has 2 amide bonds. The van der Waals surface area contributed by atoms with E-state index in [0.29, 0.717) is 31.5 Å². The standard InChI is InChI=1S/C24H25N3O3/c1-17-6-5-12-25-21(17)22(18-7-3-2-4-8-18)26-23(28)19-9-13-27(14-10-19)24(29)20-11-15-30-16-20/h2-8,11-12,15-16,19,22H,9-10,13-14H2,1H3,(H,26,28). The van der Waals surface area contributed by atoms with Gasteiger partial charge in [-0.1, -0.05) is 36.4 Å². The van der Waals surface area contributed by atoms with Crippen LogP contribution in [0.4, 0.5) is 0 Å². The third-order valence-electron chi connectivity index (χ3n) is 5.66. The largest absolute Gasteiger partial charge is 0.472 e. The Bertz CT molecular complexity index is 994. The number of nitrogens with one attached hydrogen (secondary N) is 1. The van der Waals surface area contributed by atoms with Crippen molar-refractivity contribution in [3.05, 3.63) is 89.6 Å². The van der Waals surface area contributed by atoms with Crippen LogP contribution in [0.5, 0.6) is 0 Å². The molecule has 4 rings (SSSR count). The van der Waals surface area contributed by atoms with E-state index in [9.17, 15) is 9.59 Å². The molecule has 30 heavy (non-hydrogen) atoms. The molecule has 6 heteroatoms. The Morgan fingerprint density at radius 3 is 2.53 bits per heavy atom. The highest BCUT2D eigenvalue weighted by atomic mass is 16.3. The van der Waals surface area contributed by atoms with E-state index in [1.165, 1.54) is 12.5 Å². The minimum absolute atomic E-state index is 0.00400. The molecule has 1 saturated heterocycles. The second-order valence-electron chi connectivity index (χ2n) is 7.64. The molecule has 0 aliphatic carbocycles. The zero-order valence-electron chi connectivity index (χ0n) is 17.0. The van der Waals surface area contributed by atoms with Crippen molar-refractivity contribution in [3.8, 4) is 0 Å². The number of carbonyl (C=O) groups excluding carboxylic acids is 2. The van der Waals surface area contributed by atoms with Crippen LogP contribution in [0.1, 0.15) is 46.1 Å². The van der Waals surface area contributed by atoms with E-state index in [0.717, 1.165) is 16.8 Å². The number of likely N-dealkylation sites (tertiary alicyclic amines) is 1. The van der Waals surface area contributed by atoms with Gasteiger partial charge in [-0.2, -0.15) is 0 Å². The van der Waals surface area contributed by atoms with Gasteiger partial charge in [0.2, 0.25) is 5.91 Å². The van der Waals surface area contributed by atoms with Crippen molar-refractivity contribution in [2.24, 2.45) is 5.92 Å². The van der Waals surface area contributed by atoms with E-state index in [1.54, 1.807) is 17.2 Å². The van der Waals surface area contributed by atoms with E-state index in [4.69, 9.17) is 4.42 Å². The minimum Gasteiger partial charge on any atom is -0.472 e. The fraction of sp³-hybridized carbons (Fsp3) is 0.292. The summed E-state index contributed by atoms with van der Waals surface area (Å²) in [5.74, 6) is -0.174. The van der Waals surface area contributed by atoms with E-state index >= 15 is 0 Å². The predicted molar refractivity (Wildman–Crippen MR) is 113 cm³/mol. The smallest absolute Gasteiger partial charge is 0.257 e. The molecule has 6 nitrogen and oxygen atoms in total. The van der Waals surface area contributed by atoms with E-state index < -0.39 is 0 Å². The van der Waals surface area contributed by atoms with E-state index in [-0.39, 0.29) is 23.8 Å². The third-order valence-corrected chi connectivity index (χ3v) is 5.66. The van der Waals surface area contributed by atoms with Crippen LogP contribution in [0, 0.1) is 12.8 Å². The lowest BCUT2D eigenvalue weighted by atomic mass is 9.93. The number of hydrogen-bond donors (Lipinski definition) is 1. The number of piperidine rings is 1. The summed E-state index contributed by atoms with van der Waals surface area (Å²) in [7, 11) is 0. The zero-order valence-corrected chi connectivity index (χ0v) is 17.0. The van der Waals surface area contributed by atoms with Crippen molar-refractivity contribution in [2.45, 2.75) is 25.8 Å². The maximum absolute atomic E-state index is 13.1. The lowest BCUT2D eigenvalue weighted by Gasteiger charge is -2.32. The average Bonchev–Trinajstić information content (AvgIpc) is 3.33. The van der Waals surface area contributed by atoms with Gasteiger partial charge < -0.3 is 14.6 Å². The fourth-order valence-corrected chi connectivity index (χ4v) is 3.93. The molecule has 1 N–H and O–H groups in total. The Kier molecular flexibility index (Phi) is 5.93. The van der Waals surface area contributed by atoms with Crippen LogP contribution in [0.2, 0.25) is 0 Å². The molecular formula is C24H25N3O3. The Hall–Kier alpha value is -3.41. The molecule has 3 heterocycles. The molecule has 0 bridgehead atoms. The van der Waals surface area contributed by atoms with Gasteiger partial charge in [0.15, 0.2) is 0 Å². The quantitative estimate of drug-likeness (QED) is 0.704. The lowest BCUT2D eigenvalue weighted by molar-refractivity contribution is -0.126. The maximum Gasteiger partial charge on any atom is 0.257 e. The van der Waals surface area contributed by atoms with Crippen molar-refractivity contribution in [1.29, 1.82) is 0 Å². The molecule has 1 aliphatic heterocycles.